The Bertz CT molecular complexity index is 393. The Labute approximate surface area is 95.3 Å². The molecule has 2 unspecified atom stereocenters. The highest BCUT2D eigenvalue weighted by molar-refractivity contribution is 5.23. The molecule has 2 atom stereocenters. The number of aromatic nitrogens is 1. The number of pyridine rings is 1. The molecular weight excluding hydrogens is 203 g/mol. The van der Waals surface area contributed by atoms with Crippen LogP contribution < -0.4 is 5.32 Å². The van der Waals surface area contributed by atoms with Gasteiger partial charge in [-0.05, 0) is 50.2 Å². The standard InChI is InChI=1S/C13H17FN2/c1-8-4-10(7-15-13(8)14)9-5-11-2-3-12(6-9)16-11/h4,7,9,11-12,16H,2-3,5-6H2,1H3. The van der Waals surface area contributed by atoms with Crippen LogP contribution in [0.15, 0.2) is 12.3 Å². The van der Waals surface area contributed by atoms with Crippen molar-refractivity contribution in [3.05, 3.63) is 29.3 Å². The van der Waals surface area contributed by atoms with E-state index in [-0.39, 0.29) is 5.95 Å². The molecule has 0 radical (unpaired) electrons. The Morgan fingerprint density at radius 1 is 1.31 bits per heavy atom. The number of hydrogen-bond acceptors (Lipinski definition) is 2. The van der Waals surface area contributed by atoms with E-state index in [2.05, 4.69) is 10.3 Å². The predicted molar refractivity (Wildman–Crippen MR) is 60.9 cm³/mol. The molecule has 0 aliphatic carbocycles. The second-order valence-corrected chi connectivity index (χ2v) is 5.18. The molecule has 3 heterocycles. The number of aryl methyl sites for hydroxylation is 1. The molecule has 2 bridgehead atoms. The summed E-state index contributed by atoms with van der Waals surface area (Å²) >= 11 is 0. The molecule has 0 saturated carbocycles. The first kappa shape index (κ1) is 10.2. The molecule has 16 heavy (non-hydrogen) atoms. The summed E-state index contributed by atoms with van der Waals surface area (Å²) in [5, 5.41) is 3.62. The number of nitrogens with zero attached hydrogens (tertiary/aromatic N) is 1. The fourth-order valence-corrected chi connectivity index (χ4v) is 3.13. The summed E-state index contributed by atoms with van der Waals surface area (Å²) in [6.07, 6.45) is 6.69. The van der Waals surface area contributed by atoms with Crippen molar-refractivity contribution in [2.45, 2.75) is 50.6 Å². The van der Waals surface area contributed by atoms with E-state index >= 15 is 0 Å². The molecule has 3 rings (SSSR count). The first-order valence-corrected chi connectivity index (χ1v) is 6.10. The van der Waals surface area contributed by atoms with E-state index in [1.165, 1.54) is 31.2 Å². The number of rotatable bonds is 1. The lowest BCUT2D eigenvalue weighted by molar-refractivity contribution is 0.362. The molecule has 2 saturated heterocycles. The van der Waals surface area contributed by atoms with Crippen LogP contribution >= 0.6 is 0 Å². The highest BCUT2D eigenvalue weighted by atomic mass is 19.1. The average Bonchev–Trinajstić information content (AvgIpc) is 2.62. The third-order valence-corrected chi connectivity index (χ3v) is 3.98. The summed E-state index contributed by atoms with van der Waals surface area (Å²) in [5.74, 6) is 0.242. The first-order valence-electron chi connectivity index (χ1n) is 6.10. The fraction of sp³-hybridized carbons (Fsp3) is 0.615. The molecule has 0 amide bonds. The van der Waals surface area contributed by atoms with Crippen molar-refractivity contribution in [2.24, 2.45) is 0 Å². The molecule has 3 heteroatoms. The van der Waals surface area contributed by atoms with E-state index in [9.17, 15) is 4.39 Å². The van der Waals surface area contributed by atoms with E-state index < -0.39 is 0 Å². The minimum absolute atomic E-state index is 0.333. The van der Waals surface area contributed by atoms with Gasteiger partial charge in [0.25, 0.3) is 0 Å². The quantitative estimate of drug-likeness (QED) is 0.736. The molecule has 1 N–H and O–H groups in total. The van der Waals surface area contributed by atoms with E-state index in [1.807, 2.05) is 6.07 Å². The van der Waals surface area contributed by atoms with Crippen molar-refractivity contribution in [2.75, 3.05) is 0 Å². The molecule has 1 aromatic rings. The van der Waals surface area contributed by atoms with E-state index in [1.54, 1.807) is 13.1 Å². The molecule has 0 spiro atoms. The van der Waals surface area contributed by atoms with Crippen molar-refractivity contribution in [3.8, 4) is 0 Å². The maximum absolute atomic E-state index is 13.1. The first-order chi connectivity index (χ1) is 7.72. The van der Waals surface area contributed by atoms with Crippen molar-refractivity contribution in [1.82, 2.24) is 10.3 Å². The number of halogens is 1. The van der Waals surface area contributed by atoms with Crippen molar-refractivity contribution in [3.63, 3.8) is 0 Å². The zero-order valence-corrected chi connectivity index (χ0v) is 9.54. The molecule has 86 valence electrons. The van der Waals surface area contributed by atoms with Crippen LogP contribution in [0.2, 0.25) is 0 Å². The monoisotopic (exact) mass is 220 g/mol. The summed E-state index contributed by atoms with van der Waals surface area (Å²) in [7, 11) is 0. The molecule has 2 fully saturated rings. The normalized spacial score (nSPS) is 33.0. The minimum atomic E-state index is -0.333. The van der Waals surface area contributed by atoms with Gasteiger partial charge in [0.15, 0.2) is 0 Å². The summed E-state index contributed by atoms with van der Waals surface area (Å²) in [4.78, 5) is 3.84. The summed E-state index contributed by atoms with van der Waals surface area (Å²) < 4.78 is 13.1. The summed E-state index contributed by atoms with van der Waals surface area (Å²) in [5.41, 5.74) is 1.89. The number of hydrogen-bond donors (Lipinski definition) is 1. The van der Waals surface area contributed by atoms with Crippen LogP contribution in [0.5, 0.6) is 0 Å². The van der Waals surface area contributed by atoms with Gasteiger partial charge in [-0.2, -0.15) is 4.39 Å². The van der Waals surface area contributed by atoms with Crippen LogP contribution in [0.4, 0.5) is 4.39 Å². The Balaban J connectivity index is 1.84. The molecule has 2 nitrogen and oxygen atoms in total. The summed E-state index contributed by atoms with van der Waals surface area (Å²) in [6.45, 7) is 1.79. The van der Waals surface area contributed by atoms with Crippen LogP contribution in [-0.4, -0.2) is 17.1 Å². The fourth-order valence-electron chi connectivity index (χ4n) is 3.13. The second-order valence-electron chi connectivity index (χ2n) is 5.18. The Morgan fingerprint density at radius 2 is 2.00 bits per heavy atom. The number of fused-ring (bicyclic) bond motifs is 2. The zero-order valence-electron chi connectivity index (χ0n) is 9.54. The average molecular weight is 220 g/mol. The van der Waals surface area contributed by atoms with Gasteiger partial charge >= 0.3 is 0 Å². The topological polar surface area (TPSA) is 24.9 Å². The number of piperidine rings is 1. The van der Waals surface area contributed by atoms with Gasteiger partial charge in [0.2, 0.25) is 5.95 Å². The van der Waals surface area contributed by atoms with Crippen molar-refractivity contribution in [1.29, 1.82) is 0 Å². The maximum atomic E-state index is 13.1. The zero-order chi connectivity index (χ0) is 11.1. The largest absolute Gasteiger partial charge is 0.311 e. The van der Waals surface area contributed by atoms with Crippen LogP contribution in [0.3, 0.4) is 0 Å². The number of nitrogens with one attached hydrogen (secondary N) is 1. The second kappa shape index (κ2) is 3.81. The van der Waals surface area contributed by atoms with E-state index in [4.69, 9.17) is 0 Å². The highest BCUT2D eigenvalue weighted by Gasteiger charge is 2.34. The van der Waals surface area contributed by atoms with Crippen LogP contribution in [0, 0.1) is 12.9 Å². The van der Waals surface area contributed by atoms with Gasteiger partial charge in [0, 0.05) is 23.8 Å². The van der Waals surface area contributed by atoms with Gasteiger partial charge in [-0.25, -0.2) is 4.98 Å². The highest BCUT2D eigenvalue weighted by Crippen LogP contribution is 2.37. The Kier molecular flexibility index (Phi) is 2.43. The molecule has 2 aliphatic heterocycles. The van der Waals surface area contributed by atoms with Crippen LogP contribution in [0.25, 0.3) is 0 Å². The summed E-state index contributed by atoms with van der Waals surface area (Å²) in [6, 6.07) is 3.32. The molecular formula is C13H17FN2. The van der Waals surface area contributed by atoms with Gasteiger partial charge in [-0.3, -0.25) is 0 Å². The lowest BCUT2D eigenvalue weighted by atomic mass is 9.87. The van der Waals surface area contributed by atoms with E-state index in [0.29, 0.717) is 23.6 Å². The molecule has 0 aromatic carbocycles. The predicted octanol–water partition coefficient (Wildman–Crippen LogP) is 2.53. The minimum Gasteiger partial charge on any atom is -0.311 e. The van der Waals surface area contributed by atoms with Crippen molar-refractivity contribution >= 4 is 0 Å². The van der Waals surface area contributed by atoms with Gasteiger partial charge in [0.05, 0.1) is 0 Å². The molecule has 2 aliphatic rings. The lowest BCUT2D eigenvalue weighted by Gasteiger charge is -2.29. The Morgan fingerprint density at radius 3 is 2.62 bits per heavy atom. The lowest BCUT2D eigenvalue weighted by Crippen LogP contribution is -2.37. The smallest absolute Gasteiger partial charge is 0.215 e. The maximum Gasteiger partial charge on any atom is 0.215 e. The van der Waals surface area contributed by atoms with Gasteiger partial charge < -0.3 is 5.32 Å². The van der Waals surface area contributed by atoms with Crippen LogP contribution in [0.1, 0.15) is 42.7 Å². The molecule has 1 aromatic heterocycles. The van der Waals surface area contributed by atoms with Gasteiger partial charge in [-0.15, -0.1) is 0 Å². The van der Waals surface area contributed by atoms with Gasteiger partial charge in [0.1, 0.15) is 0 Å². The van der Waals surface area contributed by atoms with Gasteiger partial charge in [-0.1, -0.05) is 0 Å². The SMILES string of the molecule is Cc1cc(C2CC3CCC(C2)N3)cnc1F. The Hall–Kier alpha value is -0.960. The third kappa shape index (κ3) is 1.73. The van der Waals surface area contributed by atoms with E-state index in [0.717, 1.165) is 0 Å². The van der Waals surface area contributed by atoms with Crippen LogP contribution in [-0.2, 0) is 0 Å². The third-order valence-electron chi connectivity index (χ3n) is 3.98. The van der Waals surface area contributed by atoms with Crippen molar-refractivity contribution < 1.29 is 4.39 Å².